The van der Waals surface area contributed by atoms with Crippen LogP contribution in [0.15, 0.2) is 24.3 Å². The smallest absolute Gasteiger partial charge is 0.270 e. The summed E-state index contributed by atoms with van der Waals surface area (Å²) in [5.74, 6) is 1.65. The number of ether oxygens (including phenoxy) is 3. The topological polar surface area (TPSA) is 72.9 Å². The molecule has 0 saturated carbocycles. The highest BCUT2D eigenvalue weighted by Crippen LogP contribution is 2.32. The monoisotopic (exact) mass is 499 g/mol. The molecule has 0 aliphatic carbocycles. The summed E-state index contributed by atoms with van der Waals surface area (Å²) in [6.45, 7) is 12.3. The molecule has 1 aromatic heterocycles. The number of fused-ring (bicyclic) bond motifs is 1. The molecule has 0 radical (unpaired) electrons. The Hall–Kier alpha value is -2.38. The van der Waals surface area contributed by atoms with Crippen molar-refractivity contribution in [2.75, 3.05) is 40.0 Å². The molecule has 0 unspecified atom stereocenters. The summed E-state index contributed by atoms with van der Waals surface area (Å²) in [6, 6.07) is 8.19. The van der Waals surface area contributed by atoms with Gasteiger partial charge in [-0.2, -0.15) is 0 Å². The highest BCUT2D eigenvalue weighted by molar-refractivity contribution is 5.98. The maximum atomic E-state index is 13.3. The fraction of sp³-hybridized carbons (Fsp3) is 0.655. The third kappa shape index (κ3) is 7.81. The maximum Gasteiger partial charge on any atom is 0.270 e. The molecule has 36 heavy (non-hydrogen) atoms. The quantitative estimate of drug-likeness (QED) is 0.348. The van der Waals surface area contributed by atoms with Gasteiger partial charge in [0.05, 0.1) is 13.2 Å². The normalized spacial score (nSPS) is 16.6. The number of rotatable bonds is 14. The fourth-order valence-corrected chi connectivity index (χ4v) is 4.97. The number of aromatic nitrogens is 1. The van der Waals surface area contributed by atoms with Crippen LogP contribution in [0, 0.1) is 5.92 Å². The number of hydrogen-bond donors (Lipinski definition) is 1. The summed E-state index contributed by atoms with van der Waals surface area (Å²) in [6.07, 6.45) is 6.61. The van der Waals surface area contributed by atoms with Gasteiger partial charge < -0.3 is 19.5 Å². The van der Waals surface area contributed by atoms with Crippen LogP contribution in [0.1, 0.15) is 76.7 Å². The second-order valence-electron chi connectivity index (χ2n) is 10.2. The van der Waals surface area contributed by atoms with E-state index in [0.29, 0.717) is 54.5 Å². The van der Waals surface area contributed by atoms with E-state index in [9.17, 15) is 4.79 Å². The van der Waals surface area contributed by atoms with Gasteiger partial charge in [-0.15, -0.1) is 0 Å². The van der Waals surface area contributed by atoms with Crippen molar-refractivity contribution in [1.82, 2.24) is 15.2 Å². The van der Waals surface area contributed by atoms with Crippen molar-refractivity contribution in [3.63, 3.8) is 0 Å². The van der Waals surface area contributed by atoms with Crippen molar-refractivity contribution in [3.05, 3.63) is 30.0 Å². The van der Waals surface area contributed by atoms with Gasteiger partial charge in [-0.3, -0.25) is 9.69 Å². The molecule has 7 nitrogen and oxygen atoms in total. The number of amides is 1. The average molecular weight is 500 g/mol. The number of benzene rings is 1. The van der Waals surface area contributed by atoms with Crippen LogP contribution in [-0.4, -0.2) is 67.9 Å². The van der Waals surface area contributed by atoms with Crippen LogP contribution in [0.3, 0.4) is 0 Å². The van der Waals surface area contributed by atoms with Gasteiger partial charge in [0, 0.05) is 37.2 Å². The Kier molecular flexibility index (Phi) is 11.3. The van der Waals surface area contributed by atoms with Gasteiger partial charge >= 0.3 is 0 Å². The molecular formula is C29H45N3O4. The van der Waals surface area contributed by atoms with Crippen LogP contribution in [0.2, 0.25) is 0 Å². The van der Waals surface area contributed by atoms with Crippen LogP contribution < -0.4 is 14.8 Å². The number of piperidine rings is 1. The van der Waals surface area contributed by atoms with Crippen LogP contribution in [0.25, 0.3) is 10.9 Å². The first-order valence-corrected chi connectivity index (χ1v) is 13.7. The van der Waals surface area contributed by atoms with Crippen LogP contribution in [0.4, 0.5) is 0 Å². The zero-order valence-corrected chi connectivity index (χ0v) is 22.8. The first-order chi connectivity index (χ1) is 17.5. The Morgan fingerprint density at radius 1 is 1.14 bits per heavy atom. The first kappa shape index (κ1) is 28.2. The van der Waals surface area contributed by atoms with Gasteiger partial charge in [-0.25, -0.2) is 4.98 Å². The van der Waals surface area contributed by atoms with E-state index in [1.54, 1.807) is 13.2 Å². The Balaban J connectivity index is 1.87. The van der Waals surface area contributed by atoms with Crippen LogP contribution >= 0.6 is 0 Å². The number of hydrogen-bond acceptors (Lipinski definition) is 6. The predicted molar refractivity (Wildman–Crippen MR) is 145 cm³/mol. The van der Waals surface area contributed by atoms with Crippen LogP contribution in [-0.2, 0) is 4.74 Å². The third-order valence-corrected chi connectivity index (χ3v) is 6.93. The number of nitrogens with zero attached hydrogens (tertiary/aromatic N) is 2. The maximum absolute atomic E-state index is 13.3. The minimum absolute atomic E-state index is 0.111. The summed E-state index contributed by atoms with van der Waals surface area (Å²) in [5, 5.41) is 4.06. The predicted octanol–water partition coefficient (Wildman–Crippen LogP) is 5.46. The van der Waals surface area contributed by atoms with Crippen LogP contribution in [0.5, 0.6) is 11.5 Å². The van der Waals surface area contributed by atoms with E-state index in [1.807, 2.05) is 18.2 Å². The Morgan fingerprint density at radius 3 is 2.61 bits per heavy atom. The zero-order chi connectivity index (χ0) is 25.9. The zero-order valence-electron chi connectivity index (χ0n) is 22.8. The first-order valence-electron chi connectivity index (χ1n) is 13.7. The van der Waals surface area contributed by atoms with E-state index in [0.717, 1.165) is 57.0 Å². The number of carbonyl (C=O) groups is 1. The number of likely N-dealkylation sites (tertiary alicyclic amines) is 1. The molecule has 2 heterocycles. The SMILES string of the molecule is CCCC(CCC)COc1cccc2c(OCCOC)cc(C(=O)N[C@@H]3CCCN(C(C)C)C3)nc12. The van der Waals surface area contributed by atoms with E-state index >= 15 is 0 Å². The molecule has 1 atom stereocenters. The molecule has 1 saturated heterocycles. The third-order valence-electron chi connectivity index (χ3n) is 6.93. The minimum Gasteiger partial charge on any atom is -0.491 e. The highest BCUT2D eigenvalue weighted by Gasteiger charge is 2.24. The lowest BCUT2D eigenvalue weighted by molar-refractivity contribution is 0.0881. The molecule has 0 bridgehead atoms. The van der Waals surface area contributed by atoms with Gasteiger partial charge in [-0.1, -0.05) is 32.8 Å². The molecule has 3 rings (SSSR count). The Bertz CT molecular complexity index is 959. The van der Waals surface area contributed by atoms with Gasteiger partial charge in [0.2, 0.25) is 0 Å². The summed E-state index contributed by atoms with van der Waals surface area (Å²) in [4.78, 5) is 20.6. The van der Waals surface area contributed by atoms with Gasteiger partial charge in [0.15, 0.2) is 0 Å². The van der Waals surface area contributed by atoms with E-state index < -0.39 is 0 Å². The Morgan fingerprint density at radius 2 is 1.92 bits per heavy atom. The van der Waals surface area contributed by atoms with Gasteiger partial charge in [0.25, 0.3) is 5.91 Å². The number of para-hydroxylation sites is 1. The lowest BCUT2D eigenvalue weighted by Gasteiger charge is -2.35. The Labute approximate surface area is 216 Å². The van der Waals surface area contributed by atoms with E-state index in [-0.39, 0.29) is 11.9 Å². The fourth-order valence-electron chi connectivity index (χ4n) is 4.97. The molecule has 1 aromatic carbocycles. The second-order valence-corrected chi connectivity index (χ2v) is 10.2. The van der Waals surface area contributed by atoms with Crippen molar-refractivity contribution in [2.45, 2.75) is 78.3 Å². The minimum atomic E-state index is -0.172. The molecular weight excluding hydrogens is 454 g/mol. The lowest BCUT2D eigenvalue weighted by atomic mass is 9.99. The van der Waals surface area contributed by atoms with Crippen molar-refractivity contribution < 1.29 is 19.0 Å². The summed E-state index contributed by atoms with van der Waals surface area (Å²) >= 11 is 0. The van der Waals surface area contributed by atoms with Crippen molar-refractivity contribution in [1.29, 1.82) is 0 Å². The summed E-state index contributed by atoms with van der Waals surface area (Å²) in [5.41, 5.74) is 1.02. The molecule has 1 fully saturated rings. The summed E-state index contributed by atoms with van der Waals surface area (Å²) in [7, 11) is 1.65. The molecule has 1 N–H and O–H groups in total. The molecule has 200 valence electrons. The molecule has 1 aliphatic heterocycles. The number of nitrogens with one attached hydrogen (secondary N) is 1. The largest absolute Gasteiger partial charge is 0.491 e. The van der Waals surface area contributed by atoms with Gasteiger partial charge in [-0.05, 0) is 64.1 Å². The van der Waals surface area contributed by atoms with Crippen molar-refractivity contribution in [3.8, 4) is 11.5 Å². The average Bonchev–Trinajstić information content (AvgIpc) is 2.87. The lowest BCUT2D eigenvalue weighted by Crippen LogP contribution is -2.49. The van der Waals surface area contributed by atoms with Crippen molar-refractivity contribution in [2.24, 2.45) is 5.92 Å². The van der Waals surface area contributed by atoms with Gasteiger partial charge in [0.1, 0.15) is 29.3 Å². The second kappa shape index (κ2) is 14.4. The molecule has 0 spiro atoms. The molecule has 1 aliphatic rings. The molecule has 1 amide bonds. The molecule has 2 aromatic rings. The van der Waals surface area contributed by atoms with E-state index in [2.05, 4.69) is 37.9 Å². The highest BCUT2D eigenvalue weighted by atomic mass is 16.5. The number of carbonyl (C=O) groups excluding carboxylic acids is 1. The van der Waals surface area contributed by atoms with Crippen molar-refractivity contribution >= 4 is 16.8 Å². The number of pyridine rings is 1. The standard InChI is InChI=1S/C29H45N3O4/c1-6-10-22(11-7-2)20-36-26-14-8-13-24-27(35-17-16-34-5)18-25(31-28(24)26)29(33)30-23-12-9-15-32(19-23)21(3)4/h8,13-14,18,21-23H,6-7,9-12,15-17,19-20H2,1-5H3,(H,30,33)/t23-/m1/s1. The van der Waals surface area contributed by atoms with E-state index in [4.69, 9.17) is 19.2 Å². The van der Waals surface area contributed by atoms with E-state index in [1.165, 1.54) is 0 Å². The number of methoxy groups -OCH3 is 1. The summed E-state index contributed by atoms with van der Waals surface area (Å²) < 4.78 is 17.5. The molecule has 7 heteroatoms.